The van der Waals surface area contributed by atoms with E-state index in [1.165, 1.54) is 26.0 Å². The Morgan fingerprint density at radius 3 is 2.87 bits per heavy atom. The molecule has 1 aromatic rings. The molecular formula is C12H16FNO. The molecule has 1 aromatic carbocycles. The maximum atomic E-state index is 13.1. The first-order valence-corrected chi connectivity index (χ1v) is 5.29. The number of methoxy groups -OCH3 is 1. The van der Waals surface area contributed by atoms with Crippen LogP contribution in [0, 0.1) is 11.7 Å². The summed E-state index contributed by atoms with van der Waals surface area (Å²) < 4.78 is 18.1. The van der Waals surface area contributed by atoms with Crippen LogP contribution in [0.15, 0.2) is 18.2 Å². The van der Waals surface area contributed by atoms with Crippen LogP contribution in [0.5, 0.6) is 5.75 Å². The predicted octanol–water partition coefficient (Wildman–Crippen LogP) is 2.63. The van der Waals surface area contributed by atoms with Gasteiger partial charge in [0.15, 0.2) is 11.6 Å². The summed E-state index contributed by atoms with van der Waals surface area (Å²) in [4.78, 5) is 0. The lowest BCUT2D eigenvalue weighted by molar-refractivity contribution is 0.385. The Morgan fingerprint density at radius 2 is 2.27 bits per heavy atom. The quantitative estimate of drug-likeness (QED) is 0.827. The molecule has 2 nitrogen and oxygen atoms in total. The fourth-order valence-electron chi connectivity index (χ4n) is 1.76. The number of benzene rings is 1. The van der Waals surface area contributed by atoms with Crippen LogP contribution >= 0.6 is 0 Å². The molecule has 0 spiro atoms. The molecule has 0 radical (unpaired) electrons. The maximum Gasteiger partial charge on any atom is 0.165 e. The van der Waals surface area contributed by atoms with Crippen molar-refractivity contribution in [3.05, 3.63) is 29.6 Å². The Morgan fingerprint density at radius 1 is 1.53 bits per heavy atom. The van der Waals surface area contributed by atoms with Gasteiger partial charge in [-0.15, -0.1) is 0 Å². The van der Waals surface area contributed by atoms with E-state index in [1.54, 1.807) is 12.1 Å². The van der Waals surface area contributed by atoms with E-state index in [2.05, 4.69) is 0 Å². The second-order valence-corrected chi connectivity index (χ2v) is 4.18. The third kappa shape index (κ3) is 2.48. The van der Waals surface area contributed by atoms with Gasteiger partial charge in [0.25, 0.3) is 0 Å². The van der Waals surface area contributed by atoms with Crippen molar-refractivity contribution in [2.75, 3.05) is 7.11 Å². The Kier molecular flexibility index (Phi) is 2.91. The summed E-state index contributed by atoms with van der Waals surface area (Å²) >= 11 is 0. The average Bonchev–Trinajstić information content (AvgIpc) is 3.02. The maximum absolute atomic E-state index is 13.1. The normalized spacial score (nSPS) is 17.5. The van der Waals surface area contributed by atoms with Crippen molar-refractivity contribution in [3.63, 3.8) is 0 Å². The molecule has 1 aliphatic rings. The van der Waals surface area contributed by atoms with Crippen LogP contribution in [-0.2, 0) is 0 Å². The van der Waals surface area contributed by atoms with Gasteiger partial charge < -0.3 is 10.5 Å². The number of ether oxygens (including phenoxy) is 1. The predicted molar refractivity (Wildman–Crippen MR) is 57.2 cm³/mol. The Bertz CT molecular complexity index is 349. The number of nitrogens with two attached hydrogens (primary N) is 1. The zero-order valence-electron chi connectivity index (χ0n) is 8.87. The van der Waals surface area contributed by atoms with E-state index in [0.717, 1.165) is 17.9 Å². The molecule has 0 bridgehead atoms. The van der Waals surface area contributed by atoms with Gasteiger partial charge in [-0.25, -0.2) is 4.39 Å². The fourth-order valence-corrected chi connectivity index (χ4v) is 1.76. The first-order valence-electron chi connectivity index (χ1n) is 5.29. The molecule has 0 amide bonds. The molecular weight excluding hydrogens is 193 g/mol. The lowest BCUT2D eigenvalue weighted by atomic mass is 10.0. The molecule has 2 N–H and O–H groups in total. The molecule has 82 valence electrons. The summed E-state index contributed by atoms with van der Waals surface area (Å²) in [6, 6.07) is 4.86. The third-order valence-corrected chi connectivity index (χ3v) is 2.89. The van der Waals surface area contributed by atoms with Crippen molar-refractivity contribution in [3.8, 4) is 5.75 Å². The van der Waals surface area contributed by atoms with Gasteiger partial charge in [-0.1, -0.05) is 18.9 Å². The van der Waals surface area contributed by atoms with Gasteiger partial charge in [0.05, 0.1) is 7.11 Å². The van der Waals surface area contributed by atoms with Crippen molar-refractivity contribution >= 4 is 0 Å². The van der Waals surface area contributed by atoms with E-state index in [1.807, 2.05) is 0 Å². The Hall–Kier alpha value is -1.09. The van der Waals surface area contributed by atoms with E-state index in [9.17, 15) is 4.39 Å². The number of hydrogen-bond acceptors (Lipinski definition) is 2. The molecule has 0 saturated heterocycles. The van der Waals surface area contributed by atoms with Gasteiger partial charge >= 0.3 is 0 Å². The molecule has 1 aliphatic carbocycles. The third-order valence-electron chi connectivity index (χ3n) is 2.89. The van der Waals surface area contributed by atoms with Gasteiger partial charge in [-0.05, 0) is 30.0 Å². The van der Waals surface area contributed by atoms with Gasteiger partial charge in [-0.2, -0.15) is 0 Å². The zero-order chi connectivity index (χ0) is 10.8. The minimum absolute atomic E-state index is 0.00648. The van der Waals surface area contributed by atoms with Crippen molar-refractivity contribution in [2.45, 2.75) is 25.3 Å². The van der Waals surface area contributed by atoms with Gasteiger partial charge in [0.1, 0.15) is 0 Å². The second kappa shape index (κ2) is 4.19. The number of hydrogen-bond donors (Lipinski definition) is 1. The average molecular weight is 209 g/mol. The minimum Gasteiger partial charge on any atom is -0.494 e. The highest BCUT2D eigenvalue weighted by Gasteiger charge is 2.24. The molecule has 0 heterocycles. The van der Waals surface area contributed by atoms with Crippen LogP contribution in [0.3, 0.4) is 0 Å². The number of rotatable bonds is 4. The van der Waals surface area contributed by atoms with Crippen molar-refractivity contribution in [2.24, 2.45) is 11.7 Å². The fraction of sp³-hybridized carbons (Fsp3) is 0.500. The summed E-state index contributed by atoms with van der Waals surface area (Å²) in [5.74, 6) is 0.717. The molecule has 0 aliphatic heterocycles. The molecule has 0 aromatic heterocycles. The monoisotopic (exact) mass is 209 g/mol. The molecule has 1 atom stereocenters. The van der Waals surface area contributed by atoms with Crippen molar-refractivity contribution < 1.29 is 9.13 Å². The first kappa shape index (κ1) is 10.4. The summed E-state index contributed by atoms with van der Waals surface area (Å²) in [7, 11) is 1.47. The lowest BCUT2D eigenvalue weighted by Gasteiger charge is -2.12. The lowest BCUT2D eigenvalue weighted by Crippen LogP contribution is -2.11. The summed E-state index contributed by atoms with van der Waals surface area (Å²) in [6.45, 7) is 0. The summed E-state index contributed by atoms with van der Waals surface area (Å²) in [5.41, 5.74) is 6.99. The van der Waals surface area contributed by atoms with Gasteiger partial charge in [0, 0.05) is 6.04 Å². The zero-order valence-corrected chi connectivity index (χ0v) is 8.87. The first-order chi connectivity index (χ1) is 7.20. The highest BCUT2D eigenvalue weighted by Crippen LogP contribution is 2.37. The van der Waals surface area contributed by atoms with Gasteiger partial charge in [-0.3, -0.25) is 0 Å². The van der Waals surface area contributed by atoms with Crippen molar-refractivity contribution in [1.82, 2.24) is 0 Å². The standard InChI is InChI=1S/C12H16FNO/c1-15-12-7-9(4-5-10(12)13)11(14)6-8-2-3-8/h4-5,7-8,11H,2-3,6,14H2,1H3/t11-/m0/s1. The highest BCUT2D eigenvalue weighted by molar-refractivity contribution is 5.32. The minimum atomic E-state index is -0.333. The van der Waals surface area contributed by atoms with E-state index in [0.29, 0.717) is 0 Å². The molecule has 1 saturated carbocycles. The van der Waals surface area contributed by atoms with Crippen LogP contribution in [0.2, 0.25) is 0 Å². The van der Waals surface area contributed by atoms with Crippen LogP contribution in [0.25, 0.3) is 0 Å². The highest BCUT2D eigenvalue weighted by atomic mass is 19.1. The van der Waals surface area contributed by atoms with Crippen LogP contribution in [0.1, 0.15) is 30.9 Å². The second-order valence-electron chi connectivity index (χ2n) is 4.18. The largest absolute Gasteiger partial charge is 0.494 e. The van der Waals surface area contributed by atoms with E-state index >= 15 is 0 Å². The van der Waals surface area contributed by atoms with E-state index < -0.39 is 0 Å². The SMILES string of the molecule is COc1cc([C@@H](N)CC2CC2)ccc1F. The Labute approximate surface area is 89.2 Å². The van der Waals surface area contributed by atoms with Crippen LogP contribution < -0.4 is 10.5 Å². The summed E-state index contributed by atoms with van der Waals surface area (Å²) in [5, 5.41) is 0. The summed E-state index contributed by atoms with van der Waals surface area (Å²) in [6.07, 6.45) is 3.56. The Balaban J connectivity index is 2.12. The van der Waals surface area contributed by atoms with E-state index in [-0.39, 0.29) is 17.6 Å². The van der Waals surface area contributed by atoms with E-state index in [4.69, 9.17) is 10.5 Å². The van der Waals surface area contributed by atoms with Crippen LogP contribution in [-0.4, -0.2) is 7.11 Å². The topological polar surface area (TPSA) is 35.2 Å². The molecule has 1 fully saturated rings. The van der Waals surface area contributed by atoms with Crippen LogP contribution in [0.4, 0.5) is 4.39 Å². The molecule has 2 rings (SSSR count). The molecule has 0 unspecified atom stereocenters. The smallest absolute Gasteiger partial charge is 0.165 e. The number of halogens is 1. The van der Waals surface area contributed by atoms with Gasteiger partial charge in [0.2, 0.25) is 0 Å². The molecule has 15 heavy (non-hydrogen) atoms. The van der Waals surface area contributed by atoms with Crippen molar-refractivity contribution in [1.29, 1.82) is 0 Å². The molecule has 3 heteroatoms.